The zero-order chi connectivity index (χ0) is 15.6. The molecule has 0 aliphatic heterocycles. The minimum atomic E-state index is -0.993. The van der Waals surface area contributed by atoms with Crippen molar-refractivity contribution in [2.45, 2.75) is 37.8 Å². The Bertz CT molecular complexity index is 656. The molecule has 1 amide bonds. The summed E-state index contributed by atoms with van der Waals surface area (Å²) in [6.45, 7) is 1.96. The van der Waals surface area contributed by atoms with E-state index in [9.17, 15) is 9.90 Å². The van der Waals surface area contributed by atoms with Gasteiger partial charge >= 0.3 is 0 Å². The monoisotopic (exact) mass is 300 g/mol. The zero-order valence-corrected chi connectivity index (χ0v) is 12.6. The number of fused-ring (bicyclic) bond motifs is 1. The quantitative estimate of drug-likeness (QED) is 0.888. The van der Waals surface area contributed by atoms with Crippen molar-refractivity contribution in [2.24, 2.45) is 0 Å². The van der Waals surface area contributed by atoms with E-state index in [2.05, 4.69) is 15.4 Å². The fourth-order valence-electron chi connectivity index (χ4n) is 3.00. The van der Waals surface area contributed by atoms with Crippen molar-refractivity contribution < 1.29 is 9.90 Å². The number of carbonyl (C=O) groups excluding carboxylic acids is 1. The second-order valence-electron chi connectivity index (χ2n) is 5.81. The Morgan fingerprint density at radius 1 is 1.50 bits per heavy atom. The van der Waals surface area contributed by atoms with Gasteiger partial charge in [0.15, 0.2) is 0 Å². The van der Waals surface area contributed by atoms with Crippen LogP contribution in [0.3, 0.4) is 0 Å². The Kier molecular flexibility index (Phi) is 3.94. The summed E-state index contributed by atoms with van der Waals surface area (Å²) >= 11 is 0. The first-order valence-corrected chi connectivity index (χ1v) is 7.53. The second-order valence-corrected chi connectivity index (χ2v) is 5.81. The molecule has 6 nitrogen and oxygen atoms in total. The van der Waals surface area contributed by atoms with Crippen molar-refractivity contribution in [3.05, 3.63) is 48.0 Å². The minimum Gasteiger partial charge on any atom is -0.383 e. The smallest absolute Gasteiger partial charge is 0.244 e. The number of nitrogens with zero attached hydrogens (tertiary/aromatic N) is 3. The van der Waals surface area contributed by atoms with Gasteiger partial charge in [-0.25, -0.2) is 9.67 Å². The van der Waals surface area contributed by atoms with Gasteiger partial charge in [0.1, 0.15) is 24.3 Å². The largest absolute Gasteiger partial charge is 0.383 e. The summed E-state index contributed by atoms with van der Waals surface area (Å²) in [5.74, 6) is -0.179. The lowest BCUT2D eigenvalue weighted by molar-refractivity contribution is -0.125. The van der Waals surface area contributed by atoms with Crippen LogP contribution in [0.5, 0.6) is 0 Å². The molecule has 1 aliphatic rings. The summed E-state index contributed by atoms with van der Waals surface area (Å²) in [4.78, 5) is 16.1. The lowest BCUT2D eigenvalue weighted by Crippen LogP contribution is -2.44. The highest BCUT2D eigenvalue weighted by molar-refractivity contribution is 5.79. The third-order valence-electron chi connectivity index (χ3n) is 4.32. The van der Waals surface area contributed by atoms with Crippen LogP contribution in [0.25, 0.3) is 0 Å². The van der Waals surface area contributed by atoms with Crippen molar-refractivity contribution in [3.8, 4) is 0 Å². The molecule has 1 aliphatic carbocycles. The van der Waals surface area contributed by atoms with Crippen LogP contribution in [0.4, 0.5) is 0 Å². The van der Waals surface area contributed by atoms with Crippen LogP contribution in [0.1, 0.15) is 36.9 Å². The summed E-state index contributed by atoms with van der Waals surface area (Å²) in [6.07, 6.45) is 5.45. The van der Waals surface area contributed by atoms with E-state index >= 15 is 0 Å². The highest BCUT2D eigenvalue weighted by Gasteiger charge is 2.34. The van der Waals surface area contributed by atoms with Gasteiger partial charge in [-0.05, 0) is 37.3 Å². The van der Waals surface area contributed by atoms with Crippen molar-refractivity contribution >= 4 is 5.91 Å². The van der Waals surface area contributed by atoms with Crippen LogP contribution in [0.15, 0.2) is 36.9 Å². The van der Waals surface area contributed by atoms with Gasteiger partial charge in [0.2, 0.25) is 5.91 Å². The maximum atomic E-state index is 12.2. The van der Waals surface area contributed by atoms with E-state index in [1.807, 2.05) is 24.3 Å². The molecule has 3 rings (SSSR count). The molecule has 2 unspecified atom stereocenters. The van der Waals surface area contributed by atoms with Gasteiger partial charge in [0.25, 0.3) is 0 Å². The number of hydrogen-bond donors (Lipinski definition) is 2. The normalized spacial score (nSPS) is 21.9. The SMILES string of the molecule is CC(C(=O)NCC1(O)CCCc2ccccc21)n1cncn1. The van der Waals surface area contributed by atoms with Crippen molar-refractivity contribution in [3.63, 3.8) is 0 Å². The Morgan fingerprint density at radius 3 is 3.09 bits per heavy atom. The molecule has 2 N–H and O–H groups in total. The lowest BCUT2D eigenvalue weighted by Gasteiger charge is -2.35. The average Bonchev–Trinajstić information content (AvgIpc) is 3.07. The van der Waals surface area contributed by atoms with Crippen LogP contribution in [-0.4, -0.2) is 32.3 Å². The number of aromatic nitrogens is 3. The number of amides is 1. The van der Waals surface area contributed by atoms with Crippen molar-refractivity contribution in [2.75, 3.05) is 6.54 Å². The molecule has 6 heteroatoms. The van der Waals surface area contributed by atoms with E-state index in [-0.39, 0.29) is 12.5 Å². The number of nitrogens with one attached hydrogen (secondary N) is 1. The number of rotatable bonds is 4. The van der Waals surface area contributed by atoms with Gasteiger partial charge in [-0.3, -0.25) is 4.79 Å². The van der Waals surface area contributed by atoms with Gasteiger partial charge in [0, 0.05) is 0 Å². The molecule has 22 heavy (non-hydrogen) atoms. The molecule has 2 aromatic rings. The van der Waals surface area contributed by atoms with Crippen LogP contribution in [-0.2, 0) is 16.8 Å². The molecule has 1 aromatic carbocycles. The Morgan fingerprint density at radius 2 is 2.32 bits per heavy atom. The highest BCUT2D eigenvalue weighted by Crippen LogP contribution is 2.34. The van der Waals surface area contributed by atoms with Crippen LogP contribution in [0, 0.1) is 0 Å². The Labute approximate surface area is 129 Å². The van der Waals surface area contributed by atoms with Crippen LogP contribution in [0.2, 0.25) is 0 Å². The molecule has 0 fully saturated rings. The van der Waals surface area contributed by atoms with Gasteiger partial charge in [-0.1, -0.05) is 24.3 Å². The first-order valence-electron chi connectivity index (χ1n) is 7.53. The Balaban J connectivity index is 1.70. The fraction of sp³-hybridized carbons (Fsp3) is 0.438. The molecule has 1 heterocycles. The van der Waals surface area contributed by atoms with Gasteiger partial charge in [-0.2, -0.15) is 5.10 Å². The third-order valence-corrected chi connectivity index (χ3v) is 4.32. The van der Waals surface area contributed by atoms with Crippen LogP contribution >= 0.6 is 0 Å². The van der Waals surface area contributed by atoms with E-state index in [1.165, 1.54) is 17.3 Å². The highest BCUT2D eigenvalue weighted by atomic mass is 16.3. The topological polar surface area (TPSA) is 80.0 Å². The van der Waals surface area contributed by atoms with Crippen molar-refractivity contribution in [1.82, 2.24) is 20.1 Å². The summed E-state index contributed by atoms with van der Waals surface area (Å²) in [7, 11) is 0. The fourth-order valence-corrected chi connectivity index (χ4v) is 3.00. The molecule has 116 valence electrons. The summed E-state index contributed by atoms with van der Waals surface area (Å²) < 4.78 is 1.49. The molecule has 2 atom stereocenters. The van der Waals surface area contributed by atoms with Crippen molar-refractivity contribution in [1.29, 1.82) is 0 Å². The summed E-state index contributed by atoms with van der Waals surface area (Å²) in [6, 6.07) is 7.44. The van der Waals surface area contributed by atoms with E-state index in [1.54, 1.807) is 6.92 Å². The molecule has 0 radical (unpaired) electrons. The maximum absolute atomic E-state index is 12.2. The minimum absolute atomic E-state index is 0.179. The molecular formula is C16H20N4O2. The first-order chi connectivity index (χ1) is 10.6. The molecule has 0 saturated heterocycles. The number of aryl methyl sites for hydroxylation is 1. The molecule has 0 bridgehead atoms. The average molecular weight is 300 g/mol. The predicted molar refractivity (Wildman–Crippen MR) is 81.0 cm³/mol. The van der Waals surface area contributed by atoms with Gasteiger partial charge < -0.3 is 10.4 Å². The first kappa shape index (κ1) is 14.7. The summed E-state index contributed by atoms with van der Waals surface area (Å²) in [5, 5.41) is 17.7. The van der Waals surface area contributed by atoms with E-state index in [4.69, 9.17) is 0 Å². The molecule has 1 aromatic heterocycles. The zero-order valence-electron chi connectivity index (χ0n) is 12.6. The number of benzene rings is 1. The number of aliphatic hydroxyl groups is 1. The second kappa shape index (κ2) is 5.88. The molecule has 0 spiro atoms. The molecular weight excluding hydrogens is 280 g/mol. The number of carbonyl (C=O) groups is 1. The molecule has 0 saturated carbocycles. The van der Waals surface area contributed by atoms with E-state index in [0.717, 1.165) is 24.0 Å². The Hall–Kier alpha value is -2.21. The van der Waals surface area contributed by atoms with Gasteiger partial charge in [0.05, 0.1) is 6.54 Å². The number of hydrogen-bond acceptors (Lipinski definition) is 4. The third kappa shape index (κ3) is 2.74. The van der Waals surface area contributed by atoms with E-state index < -0.39 is 11.6 Å². The predicted octanol–water partition coefficient (Wildman–Crippen LogP) is 1.18. The van der Waals surface area contributed by atoms with Gasteiger partial charge in [-0.15, -0.1) is 0 Å². The lowest BCUT2D eigenvalue weighted by atomic mass is 9.79. The maximum Gasteiger partial charge on any atom is 0.244 e. The van der Waals surface area contributed by atoms with E-state index in [0.29, 0.717) is 6.42 Å². The standard InChI is InChI=1S/C16H20N4O2/c1-12(20-11-17-10-19-20)15(21)18-9-16(22)8-4-6-13-5-2-3-7-14(13)16/h2-3,5,7,10-12,22H,4,6,8-9H2,1H3,(H,18,21). The van der Waals surface area contributed by atoms with Crippen LogP contribution < -0.4 is 5.32 Å². The summed E-state index contributed by atoms with van der Waals surface area (Å²) in [5.41, 5.74) is 1.09.